The van der Waals surface area contributed by atoms with Crippen LogP contribution in [0.1, 0.15) is 24.2 Å². The van der Waals surface area contributed by atoms with Gasteiger partial charge in [0.25, 0.3) is 0 Å². The Hall–Kier alpha value is -0.400. The van der Waals surface area contributed by atoms with E-state index in [9.17, 15) is 5.11 Å². The van der Waals surface area contributed by atoms with Crippen LogP contribution in [0, 0.1) is 3.57 Å². The second-order valence-electron chi connectivity index (χ2n) is 4.09. The molecule has 3 nitrogen and oxygen atoms in total. The molecule has 1 N–H and O–H groups in total. The van der Waals surface area contributed by atoms with E-state index in [1.54, 1.807) is 0 Å². The Bertz CT molecular complexity index is 542. The number of aliphatic hydroxyl groups is 1. The van der Waals surface area contributed by atoms with Gasteiger partial charge in [0.1, 0.15) is 0 Å². The lowest BCUT2D eigenvalue weighted by Crippen LogP contribution is -2.02. The summed E-state index contributed by atoms with van der Waals surface area (Å²) < 4.78 is 3.93. The second-order valence-corrected chi connectivity index (χ2v) is 6.19. The largest absolute Gasteiger partial charge is 0.388 e. The number of benzene rings is 1. The molecule has 2 aromatic rings. The average Bonchev–Trinajstić information content (AvgIpc) is 2.80. The van der Waals surface area contributed by atoms with Crippen molar-refractivity contribution in [1.82, 2.24) is 9.78 Å². The molecule has 5 heteroatoms. The van der Waals surface area contributed by atoms with Crippen molar-refractivity contribution >= 4 is 38.5 Å². The van der Waals surface area contributed by atoms with Crippen LogP contribution in [0.15, 0.2) is 35.1 Å². The lowest BCUT2D eigenvalue weighted by atomic mass is 10.0. The molecule has 0 amide bonds. The van der Waals surface area contributed by atoms with Gasteiger partial charge >= 0.3 is 0 Å². The third kappa shape index (κ3) is 3.33. The van der Waals surface area contributed by atoms with Crippen LogP contribution in [-0.2, 0) is 13.0 Å². The maximum Gasteiger partial charge on any atom is 0.0842 e. The van der Waals surface area contributed by atoms with Crippen molar-refractivity contribution in [2.75, 3.05) is 0 Å². The molecule has 0 aliphatic carbocycles. The van der Waals surface area contributed by atoms with Crippen molar-refractivity contribution in [2.24, 2.45) is 0 Å². The Morgan fingerprint density at radius 3 is 2.94 bits per heavy atom. The molecule has 0 aliphatic heterocycles. The summed E-state index contributed by atoms with van der Waals surface area (Å²) in [7, 11) is 0. The zero-order chi connectivity index (χ0) is 13.1. The molecule has 1 atom stereocenters. The van der Waals surface area contributed by atoms with Crippen LogP contribution in [-0.4, -0.2) is 14.9 Å². The van der Waals surface area contributed by atoms with Crippen LogP contribution >= 0.6 is 38.5 Å². The van der Waals surface area contributed by atoms with Crippen molar-refractivity contribution in [3.8, 4) is 0 Å². The van der Waals surface area contributed by atoms with E-state index in [1.807, 2.05) is 42.2 Å². The Kier molecular flexibility index (Phi) is 4.80. The highest BCUT2D eigenvalue weighted by Crippen LogP contribution is 2.27. The molecule has 1 heterocycles. The normalized spacial score (nSPS) is 12.7. The van der Waals surface area contributed by atoms with Gasteiger partial charge in [-0.05, 0) is 58.8 Å². The molecule has 0 radical (unpaired) electrons. The minimum Gasteiger partial charge on any atom is -0.388 e. The van der Waals surface area contributed by atoms with Crippen molar-refractivity contribution in [2.45, 2.75) is 26.0 Å². The zero-order valence-electron chi connectivity index (χ0n) is 9.98. The van der Waals surface area contributed by atoms with E-state index < -0.39 is 6.10 Å². The summed E-state index contributed by atoms with van der Waals surface area (Å²) in [6.45, 7) is 2.90. The highest BCUT2D eigenvalue weighted by atomic mass is 127. The predicted molar refractivity (Wildman–Crippen MR) is 83.4 cm³/mol. The van der Waals surface area contributed by atoms with Gasteiger partial charge < -0.3 is 5.11 Å². The average molecular weight is 421 g/mol. The molecular formula is C13H14BrIN2O. The van der Waals surface area contributed by atoms with Crippen LogP contribution in [0.25, 0.3) is 0 Å². The number of hydrogen-bond acceptors (Lipinski definition) is 2. The summed E-state index contributed by atoms with van der Waals surface area (Å²) in [5, 5.41) is 14.5. The molecule has 1 aromatic heterocycles. The molecule has 0 fully saturated rings. The topological polar surface area (TPSA) is 38.0 Å². The van der Waals surface area contributed by atoms with Crippen LogP contribution in [0.5, 0.6) is 0 Å². The fraction of sp³-hybridized carbons (Fsp3) is 0.308. The number of halogens is 2. The standard InChI is InChI=1S/C13H14BrIN2O/c1-2-17-8-9(7-16-17)5-13(18)11-6-10(15)3-4-12(11)14/h3-4,6-8,13,18H,2,5H2,1H3. The smallest absolute Gasteiger partial charge is 0.0842 e. The number of nitrogens with zero attached hydrogens (tertiary/aromatic N) is 2. The van der Waals surface area contributed by atoms with Gasteiger partial charge in [0.2, 0.25) is 0 Å². The SMILES string of the molecule is CCn1cc(CC(O)c2cc(I)ccc2Br)cn1. The van der Waals surface area contributed by atoms with Gasteiger partial charge in [-0.15, -0.1) is 0 Å². The fourth-order valence-corrected chi connectivity index (χ4v) is 2.81. The fourth-order valence-electron chi connectivity index (χ4n) is 1.79. The van der Waals surface area contributed by atoms with Crippen LogP contribution in [0.4, 0.5) is 0 Å². The van der Waals surface area contributed by atoms with E-state index in [1.165, 1.54) is 0 Å². The number of hydrogen-bond donors (Lipinski definition) is 1. The first-order chi connectivity index (χ1) is 8.60. The van der Waals surface area contributed by atoms with E-state index >= 15 is 0 Å². The van der Waals surface area contributed by atoms with E-state index in [4.69, 9.17) is 0 Å². The van der Waals surface area contributed by atoms with E-state index in [2.05, 4.69) is 43.6 Å². The third-order valence-corrected chi connectivity index (χ3v) is 4.15. The van der Waals surface area contributed by atoms with Gasteiger partial charge in [-0.3, -0.25) is 4.68 Å². The first-order valence-electron chi connectivity index (χ1n) is 5.74. The molecule has 0 saturated heterocycles. The molecule has 0 bridgehead atoms. The van der Waals surface area contributed by atoms with Crippen LogP contribution < -0.4 is 0 Å². The molecule has 0 aliphatic rings. The van der Waals surface area contributed by atoms with Gasteiger partial charge in [-0.25, -0.2) is 0 Å². The number of aryl methyl sites for hydroxylation is 1. The number of aliphatic hydroxyl groups excluding tert-OH is 1. The first kappa shape index (κ1) is 14.0. The number of aromatic nitrogens is 2. The van der Waals surface area contributed by atoms with E-state index in [-0.39, 0.29) is 0 Å². The van der Waals surface area contributed by atoms with Gasteiger partial charge in [0.15, 0.2) is 0 Å². The summed E-state index contributed by atoms with van der Waals surface area (Å²) in [6, 6.07) is 5.98. The summed E-state index contributed by atoms with van der Waals surface area (Å²) in [5.74, 6) is 0. The molecule has 0 saturated carbocycles. The second kappa shape index (κ2) is 6.16. The molecular weight excluding hydrogens is 407 g/mol. The Morgan fingerprint density at radius 1 is 1.50 bits per heavy atom. The van der Waals surface area contributed by atoms with Gasteiger partial charge in [0.05, 0.1) is 12.3 Å². The predicted octanol–water partition coefficient (Wildman–Crippen LogP) is 3.55. The lowest BCUT2D eigenvalue weighted by molar-refractivity contribution is 0.177. The summed E-state index contributed by atoms with van der Waals surface area (Å²) in [5.41, 5.74) is 1.97. The van der Waals surface area contributed by atoms with Crippen molar-refractivity contribution in [3.63, 3.8) is 0 Å². The molecule has 0 spiro atoms. The molecule has 18 heavy (non-hydrogen) atoms. The number of rotatable bonds is 4. The molecule has 96 valence electrons. The summed E-state index contributed by atoms with van der Waals surface area (Å²) in [4.78, 5) is 0. The minimum atomic E-state index is -0.511. The molecule has 1 unspecified atom stereocenters. The van der Waals surface area contributed by atoms with Crippen LogP contribution in [0.3, 0.4) is 0 Å². The Labute approximate surface area is 128 Å². The van der Waals surface area contributed by atoms with Gasteiger partial charge in [-0.2, -0.15) is 5.10 Å². The first-order valence-corrected chi connectivity index (χ1v) is 7.61. The summed E-state index contributed by atoms with van der Waals surface area (Å²) in [6.07, 6.45) is 3.86. The molecule has 2 rings (SSSR count). The monoisotopic (exact) mass is 420 g/mol. The van der Waals surface area contributed by atoms with Crippen molar-refractivity contribution < 1.29 is 5.11 Å². The van der Waals surface area contributed by atoms with Gasteiger partial charge in [0, 0.05) is 27.2 Å². The van der Waals surface area contributed by atoms with E-state index in [0.717, 1.165) is 25.7 Å². The summed E-state index contributed by atoms with van der Waals surface area (Å²) >= 11 is 5.73. The van der Waals surface area contributed by atoms with Crippen LogP contribution in [0.2, 0.25) is 0 Å². The van der Waals surface area contributed by atoms with E-state index in [0.29, 0.717) is 6.42 Å². The maximum absolute atomic E-state index is 10.3. The maximum atomic E-state index is 10.3. The van der Waals surface area contributed by atoms with Crippen molar-refractivity contribution in [1.29, 1.82) is 0 Å². The zero-order valence-corrected chi connectivity index (χ0v) is 13.7. The highest BCUT2D eigenvalue weighted by Gasteiger charge is 2.13. The highest BCUT2D eigenvalue weighted by molar-refractivity contribution is 14.1. The van der Waals surface area contributed by atoms with Gasteiger partial charge in [-0.1, -0.05) is 15.9 Å². The third-order valence-electron chi connectivity index (χ3n) is 2.76. The Morgan fingerprint density at radius 2 is 2.28 bits per heavy atom. The van der Waals surface area contributed by atoms with Crippen molar-refractivity contribution in [3.05, 3.63) is 49.8 Å². The molecule has 1 aromatic carbocycles. The lowest BCUT2D eigenvalue weighted by Gasteiger charge is -2.12. The Balaban J connectivity index is 2.16. The minimum absolute atomic E-state index is 0.511. The quantitative estimate of drug-likeness (QED) is 0.768.